The third kappa shape index (κ3) is 30.8. The van der Waals surface area contributed by atoms with Crippen molar-refractivity contribution in [3.8, 4) is 0 Å². The number of aliphatic hydroxyl groups is 6. The predicted molar refractivity (Wildman–Crippen MR) is 295 cm³/mol. The lowest BCUT2D eigenvalue weighted by molar-refractivity contribution is -0.115. The van der Waals surface area contributed by atoms with Crippen LogP contribution in [-0.2, 0) is 19.1 Å². The van der Waals surface area contributed by atoms with Crippen LogP contribution in [0.2, 0.25) is 0 Å². The molecular weight excluding hydrogens is 1040 g/mol. The van der Waals surface area contributed by atoms with E-state index in [4.69, 9.17) is 40.5 Å². The number of aromatic nitrogens is 4. The van der Waals surface area contributed by atoms with Gasteiger partial charge in [-0.3, -0.25) is 23.7 Å². The Labute approximate surface area is 457 Å². The summed E-state index contributed by atoms with van der Waals surface area (Å²) in [5, 5.41) is 88.0. The first kappa shape index (κ1) is 71.4. The number of carbonyl (C=O) groups is 6. The van der Waals surface area contributed by atoms with Crippen molar-refractivity contribution < 1.29 is 79.5 Å². The fourth-order valence-corrected chi connectivity index (χ4v) is 6.44. The molecule has 6 rings (SSSR count). The van der Waals surface area contributed by atoms with Gasteiger partial charge in [0, 0.05) is 57.5 Å². The molecular formula is C52H78N10O17. The molecule has 3 heterocycles. The second kappa shape index (κ2) is 37.3. The minimum absolute atomic E-state index is 0.111. The fourth-order valence-electron chi connectivity index (χ4n) is 6.44. The van der Waals surface area contributed by atoms with Gasteiger partial charge < -0.3 is 86.3 Å². The summed E-state index contributed by atoms with van der Waals surface area (Å²) in [5.41, 5.74) is 2.33. The van der Waals surface area contributed by atoms with Crippen LogP contribution in [0.1, 0.15) is 78.8 Å². The summed E-state index contributed by atoms with van der Waals surface area (Å²) >= 11 is 0. The molecule has 27 nitrogen and oxygen atoms in total. The molecule has 27 heteroatoms. The zero-order valence-electron chi connectivity index (χ0n) is 46.4. The Morgan fingerprint density at radius 1 is 0.582 bits per heavy atom. The summed E-state index contributed by atoms with van der Waals surface area (Å²) in [4.78, 5) is 90.8. The van der Waals surface area contributed by atoms with Crippen molar-refractivity contribution in [3.05, 3.63) is 112 Å². The van der Waals surface area contributed by atoms with E-state index in [1.807, 2.05) is 57.0 Å². The highest BCUT2D eigenvalue weighted by Gasteiger charge is 2.44. The Kier molecular flexibility index (Phi) is 33.7. The molecule has 2 aromatic heterocycles. The maximum atomic E-state index is 11.5. The van der Waals surface area contributed by atoms with Gasteiger partial charge in [0.15, 0.2) is 17.4 Å². The number of anilines is 3. The van der Waals surface area contributed by atoms with Gasteiger partial charge in [0.05, 0.1) is 54.3 Å². The summed E-state index contributed by atoms with van der Waals surface area (Å²) in [6.07, 6.45) is -2.38. The molecule has 3 aromatic carbocycles. The van der Waals surface area contributed by atoms with Gasteiger partial charge in [0.25, 0.3) is 5.56 Å². The van der Waals surface area contributed by atoms with Gasteiger partial charge in [-0.25, -0.2) is 24.4 Å². The molecule has 0 bridgehead atoms. The molecule has 0 radical (unpaired) electrons. The van der Waals surface area contributed by atoms with Crippen LogP contribution in [0.4, 0.5) is 17.1 Å². The van der Waals surface area contributed by atoms with Gasteiger partial charge in [0.1, 0.15) is 18.3 Å². The molecule has 7 unspecified atom stereocenters. The minimum Gasteiger partial charge on any atom is -0.478 e. The third-order valence-corrected chi connectivity index (χ3v) is 9.40. The summed E-state index contributed by atoms with van der Waals surface area (Å²) in [5.74, 6) is -3.47. The lowest BCUT2D eigenvalue weighted by Crippen LogP contribution is -2.33. The fraction of sp³-hybridized carbons (Fsp3) is 0.442. The average Bonchev–Trinajstić information content (AvgIpc) is 3.88. The summed E-state index contributed by atoms with van der Waals surface area (Å²) in [6.45, 7) is 11.3. The Morgan fingerprint density at radius 2 is 0.899 bits per heavy atom. The van der Waals surface area contributed by atoms with Gasteiger partial charge in [-0.15, -0.1) is 0 Å². The van der Waals surface area contributed by atoms with E-state index < -0.39 is 54.6 Å². The number of hydrogen-bond acceptors (Lipinski definition) is 19. The number of benzene rings is 3. The smallest absolute Gasteiger partial charge is 0.335 e. The maximum Gasteiger partial charge on any atom is 0.335 e. The van der Waals surface area contributed by atoms with Crippen molar-refractivity contribution >= 4 is 63.9 Å². The van der Waals surface area contributed by atoms with Crippen LogP contribution < -0.4 is 21.5 Å². The maximum absolute atomic E-state index is 11.5. The highest BCUT2D eigenvalue weighted by molar-refractivity contribution is 5.93. The van der Waals surface area contributed by atoms with Crippen molar-refractivity contribution in [2.24, 2.45) is 0 Å². The molecule has 7 atom stereocenters. The quantitative estimate of drug-likeness (QED) is 0.0750. The van der Waals surface area contributed by atoms with E-state index in [1.165, 1.54) is 74.4 Å². The number of imidazole rings is 1. The largest absolute Gasteiger partial charge is 0.478 e. The molecule has 5 aromatic rings. The van der Waals surface area contributed by atoms with E-state index in [1.54, 1.807) is 57.2 Å². The first-order valence-electron chi connectivity index (χ1n) is 24.1. The zero-order valence-corrected chi connectivity index (χ0v) is 46.4. The minimum atomic E-state index is -1.24. The number of aliphatic hydroxyl groups excluding tert-OH is 6. The van der Waals surface area contributed by atoms with Crippen molar-refractivity contribution in [1.82, 2.24) is 34.2 Å². The third-order valence-electron chi connectivity index (χ3n) is 9.40. The monoisotopic (exact) mass is 1110 g/mol. The van der Waals surface area contributed by atoms with Crippen LogP contribution in [0.15, 0.2) is 90.2 Å². The zero-order chi connectivity index (χ0) is 60.7. The molecule has 1 fully saturated rings. The van der Waals surface area contributed by atoms with E-state index in [2.05, 4.69) is 30.9 Å². The normalized spacial score (nSPS) is 16.1. The van der Waals surface area contributed by atoms with Gasteiger partial charge in [-0.2, -0.15) is 0 Å². The Bertz CT molecular complexity index is 2440. The van der Waals surface area contributed by atoms with Gasteiger partial charge >= 0.3 is 17.9 Å². The van der Waals surface area contributed by atoms with Crippen LogP contribution in [0.25, 0.3) is 11.2 Å². The molecule has 1 saturated heterocycles. The van der Waals surface area contributed by atoms with E-state index in [0.29, 0.717) is 17.1 Å². The number of nitrogens with zero attached hydrogens (tertiary/aromatic N) is 6. The number of carboxylic acids is 3. The molecule has 13 N–H and O–H groups in total. The number of carbonyl (C=O) groups excluding carboxylic acids is 3. The number of carboxylic acid groups (broad SMARTS) is 3. The van der Waals surface area contributed by atoms with Crippen LogP contribution >= 0.6 is 0 Å². The molecule has 1 aliphatic heterocycles. The molecule has 0 saturated carbocycles. The predicted octanol–water partition coefficient (Wildman–Crippen LogP) is 1.55. The van der Waals surface area contributed by atoms with Crippen molar-refractivity contribution in [1.29, 1.82) is 0 Å². The van der Waals surface area contributed by atoms with E-state index in [0.717, 1.165) is 19.6 Å². The topological polar surface area (TPSA) is 403 Å². The highest BCUT2D eigenvalue weighted by atomic mass is 16.6. The first-order chi connectivity index (χ1) is 36.8. The number of ether oxygens (including phenoxy) is 1. The number of hydrogen-bond donors (Lipinski definition) is 13. The Balaban J connectivity index is 0.000000929. The standard InChI is InChI=1S/C10H12N4O5.3C9H9NO3.3C5H13NO/c15-1-4-6(16)7(17)10(19-4)14-3-13-5-8(14)11-2-12-9(5)18;3*1-6(11)10-8-4-2-7(3-5-8)9(12)13;3*1-5(7)4-6(2)3/h2-4,6-7,10,15-17H,1H2,(H,11,12,18);3*2-5H,1H3,(H,10,11)(H,12,13);3*5,7H,4H2,1-3H3. The van der Waals surface area contributed by atoms with E-state index in [-0.39, 0.29) is 63.9 Å². The lowest BCUT2D eigenvalue weighted by atomic mass is 10.1. The molecule has 79 heavy (non-hydrogen) atoms. The molecule has 0 aliphatic carbocycles. The van der Waals surface area contributed by atoms with Gasteiger partial charge in [0.2, 0.25) is 17.7 Å². The number of likely N-dealkylation sites (N-methyl/N-ethyl adjacent to an activating group) is 3. The lowest BCUT2D eigenvalue weighted by Gasteiger charge is -2.16. The second-order valence-corrected chi connectivity index (χ2v) is 18.3. The van der Waals surface area contributed by atoms with Crippen LogP contribution in [-0.4, -0.2) is 221 Å². The average molecular weight is 1120 g/mol. The van der Waals surface area contributed by atoms with Crippen LogP contribution in [0, 0.1) is 0 Å². The number of H-pyrrole nitrogens is 1. The van der Waals surface area contributed by atoms with E-state index >= 15 is 0 Å². The number of nitrogens with one attached hydrogen (secondary N) is 4. The van der Waals surface area contributed by atoms with E-state index in [9.17, 15) is 43.8 Å². The Hall–Kier alpha value is -7.57. The highest BCUT2D eigenvalue weighted by Crippen LogP contribution is 2.30. The molecule has 0 spiro atoms. The second-order valence-electron chi connectivity index (χ2n) is 18.3. The van der Waals surface area contributed by atoms with Crippen LogP contribution in [0.5, 0.6) is 0 Å². The number of amides is 3. The number of aromatic carboxylic acids is 3. The van der Waals surface area contributed by atoms with Crippen molar-refractivity contribution in [3.63, 3.8) is 0 Å². The SMILES string of the molecule is CC(=O)Nc1ccc(C(=O)O)cc1.CC(=O)Nc1ccc(C(=O)O)cc1.CC(=O)Nc1ccc(C(=O)O)cc1.CC(O)CN(C)C.CC(O)CN(C)C.CC(O)CN(C)C.O=c1[nH]cnc2c1ncn2C1OC(CO)C(O)C1O. The van der Waals surface area contributed by atoms with Crippen molar-refractivity contribution in [2.75, 3.05) is 84.5 Å². The summed E-state index contributed by atoms with van der Waals surface area (Å²) in [7, 11) is 11.6. The van der Waals surface area contributed by atoms with Crippen molar-refractivity contribution in [2.45, 2.75) is 84.4 Å². The van der Waals surface area contributed by atoms with Gasteiger partial charge in [-0.1, -0.05) is 0 Å². The Morgan fingerprint density at radius 3 is 1.13 bits per heavy atom. The summed E-state index contributed by atoms with van der Waals surface area (Å²) in [6, 6.07) is 17.9. The molecule has 438 valence electrons. The number of fused-ring (bicyclic) bond motifs is 1. The molecule has 1 aliphatic rings. The molecule has 3 amide bonds. The van der Waals surface area contributed by atoms with Gasteiger partial charge in [-0.05, 0) is 136 Å². The first-order valence-corrected chi connectivity index (χ1v) is 24.1. The number of aromatic amines is 1. The number of rotatable bonds is 14. The summed E-state index contributed by atoms with van der Waals surface area (Å²) < 4.78 is 6.70. The van der Waals surface area contributed by atoms with Crippen LogP contribution in [0.3, 0.4) is 0 Å².